The van der Waals surface area contributed by atoms with Crippen molar-refractivity contribution in [2.24, 2.45) is 17.8 Å². The maximum Gasteiger partial charge on any atom is 0.0944 e. The van der Waals surface area contributed by atoms with Crippen LogP contribution in [0.2, 0.25) is 0 Å². The minimum atomic E-state index is 0.340. The quantitative estimate of drug-likeness (QED) is 0.548. The Bertz CT molecular complexity index is 170. The van der Waals surface area contributed by atoms with Gasteiger partial charge in [0.15, 0.2) is 0 Å². The molecule has 0 radical (unpaired) electrons. The van der Waals surface area contributed by atoms with E-state index in [2.05, 4.69) is 20.8 Å². The van der Waals surface area contributed by atoms with Gasteiger partial charge >= 0.3 is 0 Å². The maximum atomic E-state index is 5.63. The summed E-state index contributed by atoms with van der Waals surface area (Å²) in [6.45, 7) is 8.08. The van der Waals surface area contributed by atoms with Crippen molar-refractivity contribution in [1.29, 1.82) is 0 Å². The standard InChI is InChI=1S/C11H20O/c1-8(2)10-5-4-9(3)11(6-10)7-12-11/h8-10H,4-7H2,1-3H3/t9?,10-,11?/m1/s1. The molecule has 1 heteroatoms. The minimum Gasteiger partial charge on any atom is -0.369 e. The van der Waals surface area contributed by atoms with Crippen LogP contribution in [0.15, 0.2) is 0 Å². The monoisotopic (exact) mass is 168 g/mol. The molecule has 1 aliphatic heterocycles. The molecular weight excluding hydrogens is 148 g/mol. The normalized spacial score (nSPS) is 47.0. The Hall–Kier alpha value is -0.0400. The third-order valence-electron chi connectivity index (χ3n) is 3.93. The largest absolute Gasteiger partial charge is 0.369 e. The summed E-state index contributed by atoms with van der Waals surface area (Å²) in [5.74, 6) is 2.58. The number of hydrogen-bond donors (Lipinski definition) is 0. The fourth-order valence-electron chi connectivity index (χ4n) is 2.54. The van der Waals surface area contributed by atoms with Crippen LogP contribution >= 0.6 is 0 Å². The highest BCUT2D eigenvalue weighted by Crippen LogP contribution is 2.49. The molecular formula is C11H20O. The first-order valence-corrected chi connectivity index (χ1v) is 5.28. The molecule has 2 rings (SSSR count). The van der Waals surface area contributed by atoms with E-state index in [1.165, 1.54) is 19.3 Å². The number of epoxide rings is 1. The number of ether oxygens (including phenoxy) is 1. The Morgan fingerprint density at radius 3 is 2.50 bits per heavy atom. The van der Waals surface area contributed by atoms with Crippen LogP contribution in [-0.2, 0) is 4.74 Å². The van der Waals surface area contributed by atoms with E-state index in [1.54, 1.807) is 0 Å². The van der Waals surface area contributed by atoms with Crippen molar-refractivity contribution in [3.05, 3.63) is 0 Å². The summed E-state index contributed by atoms with van der Waals surface area (Å²) in [6.07, 6.45) is 4.12. The third kappa shape index (κ3) is 1.28. The van der Waals surface area contributed by atoms with Crippen LogP contribution in [-0.4, -0.2) is 12.2 Å². The molecule has 3 atom stereocenters. The van der Waals surface area contributed by atoms with Crippen molar-refractivity contribution >= 4 is 0 Å². The molecule has 2 fully saturated rings. The van der Waals surface area contributed by atoms with E-state index in [0.717, 1.165) is 24.4 Å². The van der Waals surface area contributed by atoms with Crippen molar-refractivity contribution < 1.29 is 4.74 Å². The lowest BCUT2D eigenvalue weighted by molar-refractivity contribution is 0.110. The van der Waals surface area contributed by atoms with Crippen molar-refractivity contribution in [2.45, 2.75) is 45.6 Å². The summed E-state index contributed by atoms with van der Waals surface area (Å²) in [5.41, 5.74) is 0.340. The van der Waals surface area contributed by atoms with E-state index < -0.39 is 0 Å². The highest BCUT2D eigenvalue weighted by molar-refractivity contribution is 5.01. The van der Waals surface area contributed by atoms with Gasteiger partial charge in [-0.15, -0.1) is 0 Å². The summed E-state index contributed by atoms with van der Waals surface area (Å²) in [7, 11) is 0. The molecule has 0 amide bonds. The van der Waals surface area contributed by atoms with Crippen LogP contribution in [0.5, 0.6) is 0 Å². The van der Waals surface area contributed by atoms with Crippen LogP contribution in [0.3, 0.4) is 0 Å². The van der Waals surface area contributed by atoms with Gasteiger partial charge in [-0.3, -0.25) is 0 Å². The molecule has 0 aromatic heterocycles. The highest BCUT2D eigenvalue weighted by atomic mass is 16.6. The summed E-state index contributed by atoms with van der Waals surface area (Å²) in [4.78, 5) is 0. The van der Waals surface area contributed by atoms with Crippen LogP contribution in [0.4, 0.5) is 0 Å². The average Bonchev–Trinajstić information content (AvgIpc) is 2.76. The second kappa shape index (κ2) is 2.73. The summed E-state index contributed by atoms with van der Waals surface area (Å²) in [6, 6.07) is 0. The molecule has 1 aliphatic carbocycles. The van der Waals surface area contributed by atoms with Gasteiger partial charge in [-0.25, -0.2) is 0 Å². The Kier molecular flexibility index (Phi) is 1.95. The number of rotatable bonds is 1. The molecule has 1 saturated carbocycles. The maximum absolute atomic E-state index is 5.63. The van der Waals surface area contributed by atoms with Gasteiger partial charge in [0.25, 0.3) is 0 Å². The first-order chi connectivity index (χ1) is 5.64. The third-order valence-corrected chi connectivity index (χ3v) is 3.93. The van der Waals surface area contributed by atoms with Gasteiger partial charge in [0.2, 0.25) is 0 Å². The van der Waals surface area contributed by atoms with Crippen LogP contribution in [0.25, 0.3) is 0 Å². The van der Waals surface area contributed by atoms with Gasteiger partial charge in [-0.1, -0.05) is 20.8 Å². The Labute approximate surface area is 75.5 Å². The zero-order valence-corrected chi connectivity index (χ0v) is 8.47. The topological polar surface area (TPSA) is 12.5 Å². The molecule has 0 aromatic carbocycles. The van der Waals surface area contributed by atoms with Gasteiger partial charge < -0.3 is 4.74 Å². The van der Waals surface area contributed by atoms with E-state index in [1.807, 2.05) is 0 Å². The molecule has 0 aromatic rings. The van der Waals surface area contributed by atoms with Crippen molar-refractivity contribution in [3.63, 3.8) is 0 Å². The van der Waals surface area contributed by atoms with Gasteiger partial charge in [-0.05, 0) is 37.0 Å². The molecule has 1 spiro atoms. The van der Waals surface area contributed by atoms with E-state index in [0.29, 0.717) is 5.60 Å². The molecule has 2 unspecified atom stereocenters. The fraction of sp³-hybridized carbons (Fsp3) is 1.00. The lowest BCUT2D eigenvalue weighted by Gasteiger charge is -2.34. The molecule has 12 heavy (non-hydrogen) atoms. The van der Waals surface area contributed by atoms with Gasteiger partial charge in [0, 0.05) is 0 Å². The summed E-state index contributed by atoms with van der Waals surface area (Å²) in [5, 5.41) is 0. The molecule has 2 aliphatic rings. The first kappa shape index (κ1) is 8.55. The predicted molar refractivity (Wildman–Crippen MR) is 50.0 cm³/mol. The SMILES string of the molecule is CC(C)[C@@H]1CCC(C)C2(CO2)C1. The van der Waals surface area contributed by atoms with E-state index in [9.17, 15) is 0 Å². The van der Waals surface area contributed by atoms with Gasteiger partial charge in [0.05, 0.1) is 12.2 Å². The second-order valence-electron chi connectivity index (χ2n) is 5.04. The molecule has 70 valence electrons. The van der Waals surface area contributed by atoms with Crippen LogP contribution < -0.4 is 0 Å². The molecule has 0 bridgehead atoms. The Balaban J connectivity index is 1.99. The van der Waals surface area contributed by atoms with Gasteiger partial charge in [-0.2, -0.15) is 0 Å². The molecule has 1 nitrogen and oxygen atoms in total. The zero-order chi connectivity index (χ0) is 8.77. The average molecular weight is 168 g/mol. The van der Waals surface area contributed by atoms with Crippen molar-refractivity contribution in [3.8, 4) is 0 Å². The smallest absolute Gasteiger partial charge is 0.0944 e. The van der Waals surface area contributed by atoms with Crippen molar-refractivity contribution in [2.75, 3.05) is 6.61 Å². The van der Waals surface area contributed by atoms with E-state index in [4.69, 9.17) is 4.74 Å². The summed E-state index contributed by atoms with van der Waals surface area (Å²) >= 11 is 0. The lowest BCUT2D eigenvalue weighted by atomic mass is 9.71. The predicted octanol–water partition coefficient (Wildman–Crippen LogP) is 2.85. The zero-order valence-electron chi connectivity index (χ0n) is 8.47. The van der Waals surface area contributed by atoms with Crippen LogP contribution in [0.1, 0.15) is 40.0 Å². The van der Waals surface area contributed by atoms with Crippen molar-refractivity contribution in [1.82, 2.24) is 0 Å². The Morgan fingerprint density at radius 2 is 2.00 bits per heavy atom. The molecule has 1 heterocycles. The second-order valence-corrected chi connectivity index (χ2v) is 5.04. The van der Waals surface area contributed by atoms with Crippen LogP contribution in [0, 0.1) is 17.8 Å². The first-order valence-electron chi connectivity index (χ1n) is 5.28. The van der Waals surface area contributed by atoms with E-state index in [-0.39, 0.29) is 0 Å². The Morgan fingerprint density at radius 1 is 1.33 bits per heavy atom. The van der Waals surface area contributed by atoms with Gasteiger partial charge in [0.1, 0.15) is 0 Å². The fourth-order valence-corrected chi connectivity index (χ4v) is 2.54. The molecule has 0 N–H and O–H groups in total. The molecule has 1 saturated heterocycles. The minimum absolute atomic E-state index is 0.340. The van der Waals surface area contributed by atoms with E-state index >= 15 is 0 Å². The highest BCUT2D eigenvalue weighted by Gasteiger charge is 2.52. The number of hydrogen-bond acceptors (Lipinski definition) is 1. The lowest BCUT2D eigenvalue weighted by Crippen LogP contribution is -2.32. The summed E-state index contributed by atoms with van der Waals surface area (Å²) < 4.78 is 5.63.